The van der Waals surface area contributed by atoms with Crippen molar-refractivity contribution in [2.24, 2.45) is 0 Å². The summed E-state index contributed by atoms with van der Waals surface area (Å²) in [6.07, 6.45) is 4.43. The predicted octanol–water partition coefficient (Wildman–Crippen LogP) is 6.18. The third-order valence-corrected chi connectivity index (χ3v) is 9.94. The molecule has 7 nitrogen and oxygen atoms in total. The van der Waals surface area contributed by atoms with Gasteiger partial charge in [0.25, 0.3) is 10.0 Å². The van der Waals surface area contributed by atoms with Crippen LogP contribution in [0.5, 0.6) is 0 Å². The Hall–Kier alpha value is -3.65. The Balaban J connectivity index is 1.72. The highest BCUT2D eigenvalue weighted by Gasteiger charge is 2.34. The molecule has 1 aliphatic rings. The van der Waals surface area contributed by atoms with E-state index in [1.165, 1.54) is 16.4 Å². The molecule has 0 aliphatic heterocycles. The molecule has 0 saturated heterocycles. The predicted molar refractivity (Wildman–Crippen MR) is 168 cm³/mol. The fraction of sp³-hybridized carbons (Fsp3) is 0.412. The molecule has 3 aromatic rings. The number of aryl methyl sites for hydroxylation is 1. The second kappa shape index (κ2) is 14.0. The lowest BCUT2D eigenvalue weighted by Gasteiger charge is -2.34. The number of hydrogen-bond acceptors (Lipinski definition) is 4. The number of sulfonamides is 1. The lowest BCUT2D eigenvalue weighted by atomic mass is 10.0. The molecule has 0 aromatic heterocycles. The normalized spacial score (nSPS) is 14.5. The molecule has 0 heterocycles. The molecule has 224 valence electrons. The van der Waals surface area contributed by atoms with Crippen LogP contribution in [-0.4, -0.2) is 43.8 Å². The molecule has 0 bridgehead atoms. The molecule has 2 amide bonds. The Kier molecular flexibility index (Phi) is 10.4. The Morgan fingerprint density at radius 3 is 2.12 bits per heavy atom. The first kappa shape index (κ1) is 31.3. The van der Waals surface area contributed by atoms with Crippen LogP contribution < -0.4 is 9.62 Å². The van der Waals surface area contributed by atoms with Crippen LogP contribution in [0.25, 0.3) is 0 Å². The van der Waals surface area contributed by atoms with Crippen molar-refractivity contribution in [1.29, 1.82) is 0 Å². The fourth-order valence-corrected chi connectivity index (χ4v) is 6.97. The van der Waals surface area contributed by atoms with E-state index in [2.05, 4.69) is 19.2 Å². The van der Waals surface area contributed by atoms with Gasteiger partial charge in [0, 0.05) is 12.6 Å². The summed E-state index contributed by atoms with van der Waals surface area (Å²) in [6, 6.07) is 22.6. The summed E-state index contributed by atoms with van der Waals surface area (Å²) < 4.78 is 29.2. The van der Waals surface area contributed by atoms with E-state index in [-0.39, 0.29) is 29.3 Å². The zero-order valence-corrected chi connectivity index (χ0v) is 25.9. The van der Waals surface area contributed by atoms with Gasteiger partial charge in [-0.15, -0.1) is 0 Å². The summed E-state index contributed by atoms with van der Waals surface area (Å²) in [5.74, 6) is -0.350. The molecule has 3 aromatic carbocycles. The second-order valence-corrected chi connectivity index (χ2v) is 13.3. The Morgan fingerprint density at radius 1 is 0.905 bits per heavy atom. The van der Waals surface area contributed by atoms with E-state index >= 15 is 0 Å². The molecule has 42 heavy (non-hydrogen) atoms. The quantitative estimate of drug-likeness (QED) is 0.273. The van der Waals surface area contributed by atoms with Gasteiger partial charge in [0.05, 0.1) is 10.6 Å². The number of nitrogens with zero attached hydrogens (tertiary/aromatic N) is 2. The number of rotatable bonds is 12. The molecular weight excluding hydrogens is 546 g/mol. The van der Waals surface area contributed by atoms with Gasteiger partial charge in [-0.05, 0) is 73.1 Å². The zero-order valence-electron chi connectivity index (χ0n) is 25.1. The van der Waals surface area contributed by atoms with E-state index in [0.29, 0.717) is 12.1 Å². The number of nitrogens with one attached hydrogen (secondary N) is 1. The van der Waals surface area contributed by atoms with E-state index in [4.69, 9.17) is 0 Å². The van der Waals surface area contributed by atoms with Gasteiger partial charge in [0.15, 0.2) is 0 Å². The molecule has 1 fully saturated rings. The molecule has 1 aliphatic carbocycles. The van der Waals surface area contributed by atoms with Crippen molar-refractivity contribution in [3.63, 3.8) is 0 Å². The highest BCUT2D eigenvalue weighted by atomic mass is 32.2. The summed E-state index contributed by atoms with van der Waals surface area (Å²) in [6.45, 7) is 7.77. The Labute approximate surface area is 251 Å². The van der Waals surface area contributed by atoms with E-state index in [1.807, 2.05) is 50.2 Å². The average Bonchev–Trinajstić information content (AvgIpc) is 3.50. The van der Waals surface area contributed by atoms with Gasteiger partial charge in [0.1, 0.15) is 12.6 Å². The van der Waals surface area contributed by atoms with Crippen LogP contribution in [0, 0.1) is 6.92 Å². The lowest BCUT2D eigenvalue weighted by Crippen LogP contribution is -2.53. The van der Waals surface area contributed by atoms with Crippen molar-refractivity contribution in [2.45, 2.75) is 89.2 Å². The van der Waals surface area contributed by atoms with Gasteiger partial charge in [-0.1, -0.05) is 88.2 Å². The van der Waals surface area contributed by atoms with Crippen LogP contribution in [0.4, 0.5) is 5.69 Å². The molecule has 0 spiro atoms. The van der Waals surface area contributed by atoms with E-state index in [0.717, 1.165) is 42.4 Å². The maximum atomic E-state index is 14.3. The van der Waals surface area contributed by atoms with Gasteiger partial charge >= 0.3 is 0 Å². The number of benzene rings is 3. The molecule has 1 saturated carbocycles. The smallest absolute Gasteiger partial charge is 0.264 e. The second-order valence-electron chi connectivity index (χ2n) is 11.4. The molecule has 1 atom stereocenters. The van der Waals surface area contributed by atoms with Crippen LogP contribution >= 0.6 is 0 Å². The number of carbonyl (C=O) groups is 2. The van der Waals surface area contributed by atoms with E-state index < -0.39 is 28.5 Å². The van der Waals surface area contributed by atoms with Gasteiger partial charge in [-0.2, -0.15) is 0 Å². The van der Waals surface area contributed by atoms with Crippen LogP contribution in [0.3, 0.4) is 0 Å². The molecule has 0 radical (unpaired) electrons. The summed E-state index contributed by atoms with van der Waals surface area (Å²) in [4.78, 5) is 29.5. The first-order valence-corrected chi connectivity index (χ1v) is 16.4. The third-order valence-electron chi connectivity index (χ3n) is 8.15. The fourth-order valence-electron chi connectivity index (χ4n) is 5.53. The molecule has 8 heteroatoms. The maximum absolute atomic E-state index is 14.3. The van der Waals surface area contributed by atoms with Gasteiger partial charge in [-0.25, -0.2) is 8.42 Å². The summed E-state index contributed by atoms with van der Waals surface area (Å²) >= 11 is 0. The average molecular weight is 590 g/mol. The summed E-state index contributed by atoms with van der Waals surface area (Å²) in [5.41, 5.74) is 3.38. The molecule has 1 N–H and O–H groups in total. The lowest BCUT2D eigenvalue weighted by molar-refractivity contribution is -0.140. The Morgan fingerprint density at radius 2 is 1.52 bits per heavy atom. The number of anilines is 1. The van der Waals surface area contributed by atoms with Crippen molar-refractivity contribution in [1.82, 2.24) is 10.2 Å². The van der Waals surface area contributed by atoms with Crippen LogP contribution in [0.1, 0.15) is 75.5 Å². The minimum Gasteiger partial charge on any atom is -0.352 e. The Bertz CT molecular complexity index is 1450. The van der Waals surface area contributed by atoms with Crippen molar-refractivity contribution >= 4 is 27.5 Å². The van der Waals surface area contributed by atoms with Crippen LogP contribution in [-0.2, 0) is 26.2 Å². The van der Waals surface area contributed by atoms with E-state index in [1.54, 1.807) is 35.2 Å². The van der Waals surface area contributed by atoms with Crippen molar-refractivity contribution < 1.29 is 18.0 Å². The summed E-state index contributed by atoms with van der Waals surface area (Å²) in [7, 11) is -4.08. The first-order chi connectivity index (χ1) is 20.1. The third kappa shape index (κ3) is 7.40. The van der Waals surface area contributed by atoms with Crippen molar-refractivity contribution in [2.75, 3.05) is 10.8 Å². The maximum Gasteiger partial charge on any atom is 0.264 e. The molecule has 4 rings (SSSR count). The number of carbonyl (C=O) groups excluding carboxylic acids is 2. The van der Waals surface area contributed by atoms with Crippen LogP contribution in [0.15, 0.2) is 83.8 Å². The topological polar surface area (TPSA) is 86.8 Å². The first-order valence-electron chi connectivity index (χ1n) is 14.9. The van der Waals surface area contributed by atoms with Gasteiger partial charge in [0.2, 0.25) is 11.8 Å². The number of amides is 2. The van der Waals surface area contributed by atoms with Crippen molar-refractivity contribution in [3.05, 3.63) is 95.6 Å². The number of hydrogen-bond donors (Lipinski definition) is 1. The van der Waals surface area contributed by atoms with Crippen molar-refractivity contribution in [3.8, 4) is 0 Å². The summed E-state index contributed by atoms with van der Waals surface area (Å²) in [5, 5.41) is 3.16. The monoisotopic (exact) mass is 589 g/mol. The molecule has 0 unspecified atom stereocenters. The van der Waals surface area contributed by atoms with E-state index in [9.17, 15) is 18.0 Å². The standard InChI is InChI=1S/C34H43N3O4S/c1-5-32(34(39)35-29-15-11-12-16-29)36(23-28-14-10-9-13-26(28)4)33(38)24-37(30-21-19-27(20-22-30)25(2)3)42(40,41)31-17-7-6-8-18-31/h6-10,13-14,17-22,25,29,32H,5,11-12,15-16,23-24H2,1-4H3,(H,35,39)/t32-/m0/s1. The van der Waals surface area contributed by atoms with Crippen LogP contribution in [0.2, 0.25) is 0 Å². The molecular formula is C34H43N3O4S. The SMILES string of the molecule is CC[C@@H](C(=O)NC1CCCC1)N(Cc1ccccc1C)C(=O)CN(c1ccc(C(C)C)cc1)S(=O)(=O)c1ccccc1. The highest BCUT2D eigenvalue weighted by Crippen LogP contribution is 2.27. The zero-order chi connectivity index (χ0) is 30.3. The minimum absolute atomic E-state index is 0.0993. The minimum atomic E-state index is -4.08. The van der Waals surface area contributed by atoms with Gasteiger partial charge in [-0.3, -0.25) is 13.9 Å². The van der Waals surface area contributed by atoms with Gasteiger partial charge < -0.3 is 10.2 Å². The highest BCUT2D eigenvalue weighted by molar-refractivity contribution is 7.92. The largest absolute Gasteiger partial charge is 0.352 e.